The summed E-state index contributed by atoms with van der Waals surface area (Å²) in [5.41, 5.74) is 8.71. The summed E-state index contributed by atoms with van der Waals surface area (Å²) >= 11 is 0. The predicted octanol–water partition coefficient (Wildman–Crippen LogP) is 4.59. The predicted molar refractivity (Wildman–Crippen MR) is 126 cm³/mol. The molecule has 7 heteroatoms. The van der Waals surface area contributed by atoms with E-state index in [2.05, 4.69) is 22.1 Å². The van der Waals surface area contributed by atoms with Crippen LogP contribution in [-0.2, 0) is 9.59 Å². The van der Waals surface area contributed by atoms with E-state index in [9.17, 15) is 19.5 Å². The van der Waals surface area contributed by atoms with Gasteiger partial charge in [0.2, 0.25) is 0 Å². The van der Waals surface area contributed by atoms with Crippen LogP contribution in [0.5, 0.6) is 0 Å². The number of nitrogens with two attached hydrogens (primary N) is 1. The second-order valence-corrected chi connectivity index (χ2v) is 9.90. The highest BCUT2D eigenvalue weighted by atomic mass is 16.4. The maximum Gasteiger partial charge on any atom is 0.309 e. The van der Waals surface area contributed by atoms with Gasteiger partial charge in [-0.2, -0.15) is 0 Å². The second kappa shape index (κ2) is 9.81. The van der Waals surface area contributed by atoms with Crippen LogP contribution in [0.2, 0.25) is 0 Å². The van der Waals surface area contributed by atoms with E-state index in [1.807, 2.05) is 19.1 Å². The van der Waals surface area contributed by atoms with Crippen LogP contribution in [0.1, 0.15) is 85.7 Å². The van der Waals surface area contributed by atoms with E-state index in [1.165, 1.54) is 5.56 Å². The summed E-state index contributed by atoms with van der Waals surface area (Å²) in [7, 11) is 0. The Bertz CT molecular complexity index is 1050. The zero-order chi connectivity index (χ0) is 24.3. The van der Waals surface area contributed by atoms with Gasteiger partial charge in [0.25, 0.3) is 5.91 Å². The highest BCUT2D eigenvalue weighted by Crippen LogP contribution is 2.38. The number of Topliss-reactive ketones (excluding diaryl/α,β-unsaturated/α-hetero) is 1. The van der Waals surface area contributed by atoms with E-state index in [0.29, 0.717) is 29.6 Å². The number of hydrogen-bond donors (Lipinski definition) is 2. The molecule has 0 unspecified atom stereocenters. The standard InChI is InChI=1S/C26H33N3O4/c1-15-22(29-23(24(27)31)16(2)28-15)20-11-9-19(10-12-20)18-7-5-17(6-8-18)13-21(30)14-26(3,4)25(32)33/h9-12,17-18H,5-8,13-14H2,1-4H3,(H2,27,31)(H,32,33). The van der Waals surface area contributed by atoms with Crippen molar-refractivity contribution in [1.29, 1.82) is 0 Å². The van der Waals surface area contributed by atoms with Gasteiger partial charge in [0.1, 0.15) is 11.5 Å². The number of aliphatic carboxylic acids is 1. The van der Waals surface area contributed by atoms with E-state index in [0.717, 1.165) is 36.9 Å². The zero-order valence-electron chi connectivity index (χ0n) is 19.9. The minimum Gasteiger partial charge on any atom is -0.481 e. The fraction of sp³-hybridized carbons (Fsp3) is 0.500. The number of carbonyl (C=O) groups is 3. The number of primary amides is 1. The number of carboxylic acid groups (broad SMARTS) is 1. The normalized spacial score (nSPS) is 18.7. The number of aryl methyl sites for hydroxylation is 2. The van der Waals surface area contributed by atoms with Crippen LogP contribution in [0.3, 0.4) is 0 Å². The molecule has 1 aromatic carbocycles. The van der Waals surface area contributed by atoms with Crippen molar-refractivity contribution in [3.63, 3.8) is 0 Å². The van der Waals surface area contributed by atoms with Crippen molar-refractivity contribution in [2.75, 3.05) is 0 Å². The first-order chi connectivity index (χ1) is 15.5. The third-order valence-electron chi connectivity index (χ3n) is 6.71. The largest absolute Gasteiger partial charge is 0.481 e. The van der Waals surface area contributed by atoms with Gasteiger partial charge in [0.05, 0.1) is 22.5 Å². The molecule has 1 amide bonds. The van der Waals surface area contributed by atoms with Gasteiger partial charge < -0.3 is 10.8 Å². The summed E-state index contributed by atoms with van der Waals surface area (Å²) in [6.07, 6.45) is 4.51. The fourth-order valence-electron chi connectivity index (χ4n) is 4.71. The lowest BCUT2D eigenvalue weighted by Gasteiger charge is -2.29. The monoisotopic (exact) mass is 451 g/mol. The van der Waals surface area contributed by atoms with Crippen LogP contribution in [0.25, 0.3) is 11.3 Å². The summed E-state index contributed by atoms with van der Waals surface area (Å²) in [6.45, 7) is 6.80. The van der Waals surface area contributed by atoms with Gasteiger partial charge in [-0.15, -0.1) is 0 Å². The molecule has 1 aromatic heterocycles. The molecule has 0 saturated heterocycles. The Labute approximate surface area is 194 Å². The van der Waals surface area contributed by atoms with Crippen LogP contribution in [0, 0.1) is 25.2 Å². The molecule has 1 fully saturated rings. The van der Waals surface area contributed by atoms with Crippen molar-refractivity contribution in [3.8, 4) is 11.3 Å². The summed E-state index contributed by atoms with van der Waals surface area (Å²) in [5, 5.41) is 9.23. The summed E-state index contributed by atoms with van der Waals surface area (Å²) in [5.74, 6) is -0.706. The highest BCUT2D eigenvalue weighted by molar-refractivity contribution is 5.92. The number of ketones is 1. The smallest absolute Gasteiger partial charge is 0.309 e. The van der Waals surface area contributed by atoms with Crippen molar-refractivity contribution < 1.29 is 19.5 Å². The van der Waals surface area contributed by atoms with E-state index in [1.54, 1.807) is 20.8 Å². The summed E-state index contributed by atoms with van der Waals surface area (Å²) in [4.78, 5) is 44.1. The average Bonchev–Trinajstić information content (AvgIpc) is 2.74. The van der Waals surface area contributed by atoms with E-state index in [-0.39, 0.29) is 17.9 Å². The first kappa shape index (κ1) is 24.6. The lowest BCUT2D eigenvalue weighted by molar-refractivity contribution is -0.149. The number of aromatic nitrogens is 2. The van der Waals surface area contributed by atoms with Crippen LogP contribution >= 0.6 is 0 Å². The molecule has 1 saturated carbocycles. The number of hydrogen-bond acceptors (Lipinski definition) is 5. The van der Waals surface area contributed by atoms with Gasteiger partial charge in [-0.25, -0.2) is 4.98 Å². The Morgan fingerprint density at radius 3 is 2.15 bits per heavy atom. The maximum absolute atomic E-state index is 12.4. The van der Waals surface area contributed by atoms with E-state index >= 15 is 0 Å². The molecule has 1 heterocycles. The molecule has 1 aliphatic carbocycles. The molecule has 0 radical (unpaired) electrons. The number of amides is 1. The first-order valence-electron chi connectivity index (χ1n) is 11.5. The maximum atomic E-state index is 12.4. The first-order valence-corrected chi connectivity index (χ1v) is 11.5. The second-order valence-electron chi connectivity index (χ2n) is 9.90. The van der Waals surface area contributed by atoms with Crippen molar-refractivity contribution >= 4 is 17.7 Å². The van der Waals surface area contributed by atoms with Crippen LogP contribution in [0.4, 0.5) is 0 Å². The molecule has 0 spiro atoms. The number of rotatable bonds is 8. The van der Waals surface area contributed by atoms with Gasteiger partial charge in [0.15, 0.2) is 0 Å². The van der Waals surface area contributed by atoms with Crippen molar-refractivity contribution in [2.45, 2.75) is 72.1 Å². The van der Waals surface area contributed by atoms with Crippen LogP contribution in [0.15, 0.2) is 24.3 Å². The molecule has 0 aliphatic heterocycles. The minimum atomic E-state index is -1.01. The average molecular weight is 452 g/mol. The van der Waals surface area contributed by atoms with Crippen LogP contribution in [-0.4, -0.2) is 32.7 Å². The number of benzene rings is 1. The number of nitrogens with zero attached hydrogens (tertiary/aromatic N) is 2. The Hall–Kier alpha value is -3.09. The third-order valence-corrected chi connectivity index (χ3v) is 6.71. The van der Waals surface area contributed by atoms with Crippen molar-refractivity contribution in [2.24, 2.45) is 17.1 Å². The molecule has 3 N–H and O–H groups in total. The van der Waals surface area contributed by atoms with Gasteiger partial charge in [-0.3, -0.25) is 19.4 Å². The zero-order valence-corrected chi connectivity index (χ0v) is 19.9. The molecule has 33 heavy (non-hydrogen) atoms. The Balaban J connectivity index is 1.61. The molecule has 7 nitrogen and oxygen atoms in total. The Morgan fingerprint density at radius 1 is 1.00 bits per heavy atom. The summed E-state index contributed by atoms with van der Waals surface area (Å²) in [6, 6.07) is 8.23. The molecular weight excluding hydrogens is 418 g/mol. The van der Waals surface area contributed by atoms with Gasteiger partial charge in [0, 0.05) is 18.4 Å². The van der Waals surface area contributed by atoms with Gasteiger partial charge in [-0.1, -0.05) is 24.3 Å². The lowest BCUT2D eigenvalue weighted by atomic mass is 9.75. The number of carbonyl (C=O) groups excluding carboxylic acids is 2. The topological polar surface area (TPSA) is 123 Å². The minimum absolute atomic E-state index is 0.0418. The molecule has 0 atom stereocenters. The van der Waals surface area contributed by atoms with Gasteiger partial charge >= 0.3 is 5.97 Å². The van der Waals surface area contributed by atoms with Crippen molar-refractivity contribution in [3.05, 3.63) is 46.9 Å². The van der Waals surface area contributed by atoms with Gasteiger partial charge in [-0.05, 0) is 70.8 Å². The van der Waals surface area contributed by atoms with Crippen LogP contribution < -0.4 is 5.73 Å². The SMILES string of the molecule is Cc1nc(C)c(-c2ccc(C3CCC(CC(=O)CC(C)(C)C(=O)O)CC3)cc2)nc1C(N)=O. The molecule has 0 bridgehead atoms. The fourth-order valence-corrected chi connectivity index (χ4v) is 4.71. The lowest BCUT2D eigenvalue weighted by Crippen LogP contribution is -2.28. The van der Waals surface area contributed by atoms with Crippen molar-refractivity contribution in [1.82, 2.24) is 9.97 Å². The van der Waals surface area contributed by atoms with E-state index in [4.69, 9.17) is 5.73 Å². The van der Waals surface area contributed by atoms with E-state index < -0.39 is 17.3 Å². The number of carboxylic acids is 1. The quantitative estimate of drug-likeness (QED) is 0.605. The molecule has 176 valence electrons. The Morgan fingerprint density at radius 2 is 1.61 bits per heavy atom. The Kier molecular flexibility index (Phi) is 7.30. The molecule has 2 aromatic rings. The summed E-state index contributed by atoms with van der Waals surface area (Å²) < 4.78 is 0. The third kappa shape index (κ3) is 5.83. The molecule has 1 aliphatic rings. The highest BCUT2D eigenvalue weighted by Gasteiger charge is 2.32. The molecule has 3 rings (SSSR count). The molecular formula is C26H33N3O4.